The number of Topliss-reactive ketones (excluding diaryl/α,β-unsaturated/α-hetero) is 1. The van der Waals surface area contributed by atoms with Gasteiger partial charge in [-0.1, -0.05) is 30.3 Å². The Morgan fingerprint density at radius 1 is 1.08 bits per heavy atom. The van der Waals surface area contributed by atoms with Crippen molar-refractivity contribution >= 4 is 32.5 Å². The molecule has 3 heterocycles. The molecule has 0 spiro atoms. The van der Waals surface area contributed by atoms with E-state index in [1.807, 2.05) is 54.2 Å². The molecule has 3 aromatic rings. The molecule has 2 aliphatic rings. The van der Waals surface area contributed by atoms with E-state index in [1.165, 1.54) is 12.4 Å². The highest BCUT2D eigenvalue weighted by Gasteiger charge is 2.37. The van der Waals surface area contributed by atoms with Crippen LogP contribution in [0.3, 0.4) is 0 Å². The zero-order chi connectivity index (χ0) is 27.4. The first-order valence-corrected chi connectivity index (χ1v) is 14.7. The highest BCUT2D eigenvalue weighted by atomic mass is 32.2. The van der Waals surface area contributed by atoms with Crippen molar-refractivity contribution in [1.82, 2.24) is 19.2 Å². The molecule has 0 N–H and O–H groups in total. The number of anilines is 1. The third-order valence-corrected chi connectivity index (χ3v) is 9.06. The summed E-state index contributed by atoms with van der Waals surface area (Å²) in [6.07, 6.45) is 5.52. The number of carbonyl (C=O) groups excluding carboxylic acids is 1. The average Bonchev–Trinajstić information content (AvgIpc) is 2.96. The van der Waals surface area contributed by atoms with Gasteiger partial charge in [0.15, 0.2) is 12.1 Å². The predicted octanol–water partition coefficient (Wildman–Crippen LogP) is 2.80. The van der Waals surface area contributed by atoms with Gasteiger partial charge in [0.1, 0.15) is 6.61 Å². The van der Waals surface area contributed by atoms with E-state index < -0.39 is 10.0 Å². The molecule has 39 heavy (non-hydrogen) atoms. The molecule has 11 heteroatoms. The Balaban J connectivity index is 1.28. The number of fused-ring (bicyclic) bond motifs is 1. The quantitative estimate of drug-likeness (QED) is 0.370. The van der Waals surface area contributed by atoms with Crippen molar-refractivity contribution in [3.05, 3.63) is 60.4 Å². The van der Waals surface area contributed by atoms with Gasteiger partial charge in [0.05, 0.1) is 16.5 Å². The van der Waals surface area contributed by atoms with Crippen LogP contribution in [0.1, 0.15) is 29.6 Å². The van der Waals surface area contributed by atoms with Crippen LogP contribution in [0.4, 0.5) is 5.95 Å². The number of hydrogen-bond acceptors (Lipinski definition) is 9. The molecule has 2 aromatic carbocycles. The number of rotatable bonds is 9. The Morgan fingerprint density at radius 3 is 2.56 bits per heavy atom. The SMILES string of the molecule is CN(C)CC1CN(c2ncc(C(=O)COC3CCCCO3)cn2)CCN1S(=O)(=O)c1ccc2ccccc2c1. The van der Waals surface area contributed by atoms with Crippen molar-refractivity contribution in [2.24, 2.45) is 0 Å². The molecule has 5 rings (SSSR count). The third-order valence-electron chi connectivity index (χ3n) is 7.11. The lowest BCUT2D eigenvalue weighted by atomic mass is 10.1. The molecule has 1 aromatic heterocycles. The van der Waals surface area contributed by atoms with Gasteiger partial charge in [-0.2, -0.15) is 4.31 Å². The van der Waals surface area contributed by atoms with E-state index in [9.17, 15) is 13.2 Å². The molecule has 0 aliphatic carbocycles. The van der Waals surface area contributed by atoms with Crippen molar-refractivity contribution in [2.75, 3.05) is 58.4 Å². The maximum atomic E-state index is 13.8. The van der Waals surface area contributed by atoms with E-state index >= 15 is 0 Å². The zero-order valence-electron chi connectivity index (χ0n) is 22.4. The van der Waals surface area contributed by atoms with E-state index in [-0.39, 0.29) is 24.7 Å². The van der Waals surface area contributed by atoms with Crippen LogP contribution in [0.5, 0.6) is 0 Å². The number of benzene rings is 2. The van der Waals surface area contributed by atoms with Gasteiger partial charge in [-0.3, -0.25) is 4.79 Å². The number of ether oxygens (including phenoxy) is 2. The van der Waals surface area contributed by atoms with Crippen LogP contribution >= 0.6 is 0 Å². The topological polar surface area (TPSA) is 105 Å². The van der Waals surface area contributed by atoms with Crippen molar-refractivity contribution in [3.63, 3.8) is 0 Å². The molecule has 10 nitrogen and oxygen atoms in total. The molecule has 2 aliphatic heterocycles. The third kappa shape index (κ3) is 6.44. The summed E-state index contributed by atoms with van der Waals surface area (Å²) < 4.78 is 40.2. The summed E-state index contributed by atoms with van der Waals surface area (Å²) in [6.45, 7) is 2.28. The molecule has 0 radical (unpaired) electrons. The fourth-order valence-corrected chi connectivity index (χ4v) is 6.73. The molecule has 0 saturated carbocycles. The molecular formula is C28H35N5O5S. The van der Waals surface area contributed by atoms with Gasteiger partial charge in [0.25, 0.3) is 0 Å². The van der Waals surface area contributed by atoms with Crippen LogP contribution in [-0.2, 0) is 19.5 Å². The Labute approximate surface area is 229 Å². The standard InChI is InChI=1S/C28H35N5O5S/c1-31(2)18-24-19-32(28-29-16-23(17-30-28)26(34)20-38-27-9-5-6-14-37-27)12-13-33(24)39(35,36)25-11-10-21-7-3-4-8-22(21)15-25/h3-4,7-8,10-11,15-17,24,27H,5-6,9,12-14,18-20H2,1-2H3. The molecule has 2 unspecified atom stereocenters. The summed E-state index contributed by atoms with van der Waals surface area (Å²) in [5.74, 6) is 0.266. The van der Waals surface area contributed by atoms with Gasteiger partial charge in [0, 0.05) is 45.2 Å². The summed E-state index contributed by atoms with van der Waals surface area (Å²) in [6, 6.07) is 12.7. The number of ketones is 1. The number of carbonyl (C=O) groups is 1. The van der Waals surface area contributed by atoms with Gasteiger partial charge < -0.3 is 19.3 Å². The van der Waals surface area contributed by atoms with Gasteiger partial charge >= 0.3 is 0 Å². The highest BCUT2D eigenvalue weighted by molar-refractivity contribution is 7.89. The minimum absolute atomic E-state index is 0.0798. The van der Waals surface area contributed by atoms with E-state index in [0.717, 1.165) is 30.0 Å². The highest BCUT2D eigenvalue weighted by Crippen LogP contribution is 2.26. The second-order valence-electron chi connectivity index (χ2n) is 10.3. The molecule has 2 atom stereocenters. The molecule has 208 valence electrons. The van der Waals surface area contributed by atoms with Gasteiger partial charge in [-0.25, -0.2) is 18.4 Å². The maximum Gasteiger partial charge on any atom is 0.243 e. The number of hydrogen-bond donors (Lipinski definition) is 0. The second-order valence-corrected chi connectivity index (χ2v) is 12.2. The normalized spacial score (nSPS) is 20.9. The van der Waals surface area contributed by atoms with Gasteiger partial charge in [0.2, 0.25) is 16.0 Å². The average molecular weight is 554 g/mol. The largest absolute Gasteiger partial charge is 0.353 e. The van der Waals surface area contributed by atoms with Crippen LogP contribution in [0, 0.1) is 0 Å². The molecule has 2 saturated heterocycles. The van der Waals surface area contributed by atoms with E-state index in [1.54, 1.807) is 16.4 Å². The Morgan fingerprint density at radius 2 is 1.85 bits per heavy atom. The molecule has 0 amide bonds. The summed E-state index contributed by atoms with van der Waals surface area (Å²) in [7, 11) is 0.138. The fraction of sp³-hybridized carbons (Fsp3) is 0.464. The summed E-state index contributed by atoms with van der Waals surface area (Å²) >= 11 is 0. The number of aromatic nitrogens is 2. The number of piperazine rings is 1. The van der Waals surface area contributed by atoms with Crippen LogP contribution in [-0.4, -0.2) is 99.2 Å². The van der Waals surface area contributed by atoms with E-state index in [2.05, 4.69) is 9.97 Å². The first kappa shape index (κ1) is 27.6. The van der Waals surface area contributed by atoms with Crippen molar-refractivity contribution in [2.45, 2.75) is 36.5 Å². The van der Waals surface area contributed by atoms with Crippen molar-refractivity contribution in [3.8, 4) is 0 Å². The monoisotopic (exact) mass is 553 g/mol. The van der Waals surface area contributed by atoms with Crippen LogP contribution in [0.2, 0.25) is 0 Å². The molecule has 0 bridgehead atoms. The molecular weight excluding hydrogens is 518 g/mol. The van der Waals surface area contributed by atoms with Crippen LogP contribution in [0.25, 0.3) is 10.8 Å². The van der Waals surface area contributed by atoms with Gasteiger partial charge in [-0.15, -0.1) is 0 Å². The van der Waals surface area contributed by atoms with Crippen LogP contribution in [0.15, 0.2) is 59.8 Å². The second kappa shape index (κ2) is 12.1. The number of sulfonamides is 1. The minimum Gasteiger partial charge on any atom is -0.353 e. The van der Waals surface area contributed by atoms with Crippen molar-refractivity contribution < 1.29 is 22.7 Å². The smallest absolute Gasteiger partial charge is 0.243 e. The van der Waals surface area contributed by atoms with Crippen molar-refractivity contribution in [1.29, 1.82) is 0 Å². The lowest BCUT2D eigenvalue weighted by molar-refractivity contribution is -0.155. The first-order valence-electron chi connectivity index (χ1n) is 13.3. The Hall–Kier alpha value is -2.96. The lowest BCUT2D eigenvalue weighted by Gasteiger charge is -2.41. The lowest BCUT2D eigenvalue weighted by Crippen LogP contribution is -2.58. The van der Waals surface area contributed by atoms with Crippen LogP contribution < -0.4 is 4.90 Å². The minimum atomic E-state index is -3.72. The fourth-order valence-electron chi connectivity index (χ4n) is 5.09. The summed E-state index contributed by atoms with van der Waals surface area (Å²) in [4.78, 5) is 25.7. The zero-order valence-corrected chi connectivity index (χ0v) is 23.2. The Bertz CT molecular complexity index is 1390. The summed E-state index contributed by atoms with van der Waals surface area (Å²) in [5, 5.41) is 1.89. The van der Waals surface area contributed by atoms with E-state index in [4.69, 9.17) is 9.47 Å². The predicted molar refractivity (Wildman–Crippen MR) is 148 cm³/mol. The van der Waals surface area contributed by atoms with Gasteiger partial charge in [-0.05, 0) is 56.3 Å². The van der Waals surface area contributed by atoms with E-state index in [0.29, 0.717) is 49.2 Å². The number of nitrogens with zero attached hydrogens (tertiary/aromatic N) is 5. The maximum absolute atomic E-state index is 13.8. The molecule has 2 fully saturated rings. The number of likely N-dealkylation sites (N-methyl/N-ethyl adjacent to an activating group) is 1. The summed E-state index contributed by atoms with van der Waals surface area (Å²) in [5.41, 5.74) is 0.372. The Kier molecular flexibility index (Phi) is 8.53. The first-order chi connectivity index (χ1) is 18.8.